The van der Waals surface area contributed by atoms with Gasteiger partial charge in [0.25, 0.3) is 0 Å². The molecule has 1 aromatic rings. The zero-order valence-electron chi connectivity index (χ0n) is 11.1. The molecule has 0 bridgehead atoms. The van der Waals surface area contributed by atoms with E-state index in [1.165, 1.54) is 6.07 Å². The molecule has 0 saturated carbocycles. The van der Waals surface area contributed by atoms with E-state index in [4.69, 9.17) is 0 Å². The topological polar surface area (TPSA) is 23.5 Å². The molecule has 0 heterocycles. The second-order valence-corrected chi connectivity index (χ2v) is 5.24. The van der Waals surface area contributed by atoms with E-state index < -0.39 is 5.60 Å². The Hall–Kier alpha value is -0.930. The van der Waals surface area contributed by atoms with Crippen molar-refractivity contribution in [1.82, 2.24) is 4.90 Å². The summed E-state index contributed by atoms with van der Waals surface area (Å²) in [5, 5.41) is 9.67. The second-order valence-electron chi connectivity index (χ2n) is 5.24. The van der Waals surface area contributed by atoms with E-state index in [2.05, 4.69) is 4.90 Å². The van der Waals surface area contributed by atoms with Crippen molar-refractivity contribution in [2.24, 2.45) is 0 Å². The van der Waals surface area contributed by atoms with Crippen LogP contribution >= 0.6 is 0 Å². The highest BCUT2D eigenvalue weighted by Gasteiger charge is 2.18. The fourth-order valence-corrected chi connectivity index (χ4v) is 1.69. The SMILES string of the molecule is CC(c1ccccc1F)N(C)CCC(C)(C)O. The average Bonchev–Trinajstić information content (AvgIpc) is 2.24. The fourth-order valence-electron chi connectivity index (χ4n) is 1.69. The number of rotatable bonds is 5. The van der Waals surface area contributed by atoms with Crippen LogP contribution in [0.5, 0.6) is 0 Å². The van der Waals surface area contributed by atoms with Gasteiger partial charge in [-0.15, -0.1) is 0 Å². The standard InChI is InChI=1S/C14H22FNO/c1-11(12-7-5-6-8-13(12)15)16(4)10-9-14(2,3)17/h5-8,11,17H,9-10H2,1-4H3. The van der Waals surface area contributed by atoms with Gasteiger partial charge in [0, 0.05) is 18.2 Å². The van der Waals surface area contributed by atoms with Crippen molar-refractivity contribution in [3.8, 4) is 0 Å². The quantitative estimate of drug-likeness (QED) is 0.854. The van der Waals surface area contributed by atoms with Gasteiger partial charge in [0.15, 0.2) is 0 Å². The summed E-state index contributed by atoms with van der Waals surface area (Å²) in [6, 6.07) is 6.84. The van der Waals surface area contributed by atoms with Gasteiger partial charge in [0.05, 0.1) is 5.60 Å². The summed E-state index contributed by atoms with van der Waals surface area (Å²) >= 11 is 0. The Morgan fingerprint density at radius 1 is 1.35 bits per heavy atom. The molecule has 17 heavy (non-hydrogen) atoms. The number of halogens is 1. The molecule has 0 aliphatic rings. The van der Waals surface area contributed by atoms with Gasteiger partial charge in [-0.05, 0) is 40.3 Å². The van der Waals surface area contributed by atoms with E-state index in [9.17, 15) is 9.50 Å². The molecule has 3 heteroatoms. The van der Waals surface area contributed by atoms with Gasteiger partial charge in [0.1, 0.15) is 5.82 Å². The maximum Gasteiger partial charge on any atom is 0.127 e. The Labute approximate surface area is 103 Å². The van der Waals surface area contributed by atoms with Crippen LogP contribution in [0.4, 0.5) is 4.39 Å². The van der Waals surface area contributed by atoms with Crippen LogP contribution in [0, 0.1) is 5.82 Å². The Balaban J connectivity index is 2.64. The van der Waals surface area contributed by atoms with E-state index in [-0.39, 0.29) is 11.9 Å². The highest BCUT2D eigenvalue weighted by atomic mass is 19.1. The molecule has 0 amide bonds. The summed E-state index contributed by atoms with van der Waals surface area (Å²) in [5.74, 6) is -0.171. The first-order chi connectivity index (χ1) is 7.81. The highest BCUT2D eigenvalue weighted by Crippen LogP contribution is 2.22. The highest BCUT2D eigenvalue weighted by molar-refractivity contribution is 5.20. The Kier molecular flexibility index (Phi) is 4.66. The molecule has 2 nitrogen and oxygen atoms in total. The molecule has 0 fully saturated rings. The third kappa shape index (κ3) is 4.44. The van der Waals surface area contributed by atoms with Crippen LogP contribution in [0.2, 0.25) is 0 Å². The molecule has 0 radical (unpaired) electrons. The monoisotopic (exact) mass is 239 g/mol. The molecule has 1 unspecified atom stereocenters. The number of benzene rings is 1. The van der Waals surface area contributed by atoms with Gasteiger partial charge < -0.3 is 5.11 Å². The summed E-state index contributed by atoms with van der Waals surface area (Å²) < 4.78 is 13.6. The van der Waals surface area contributed by atoms with E-state index in [1.807, 2.05) is 20.0 Å². The van der Waals surface area contributed by atoms with Gasteiger partial charge in [-0.25, -0.2) is 4.39 Å². The molecule has 0 aromatic heterocycles. The summed E-state index contributed by atoms with van der Waals surface area (Å²) in [6.07, 6.45) is 0.669. The summed E-state index contributed by atoms with van der Waals surface area (Å²) in [6.45, 7) is 6.28. The smallest absolute Gasteiger partial charge is 0.127 e. The van der Waals surface area contributed by atoms with Crippen molar-refractivity contribution >= 4 is 0 Å². The zero-order chi connectivity index (χ0) is 13.1. The Bertz CT molecular complexity index is 359. The first-order valence-corrected chi connectivity index (χ1v) is 5.98. The predicted octanol–water partition coefficient (Wildman–Crippen LogP) is 2.98. The van der Waals surface area contributed by atoms with Gasteiger partial charge in [-0.1, -0.05) is 18.2 Å². The van der Waals surface area contributed by atoms with E-state index in [1.54, 1.807) is 26.0 Å². The lowest BCUT2D eigenvalue weighted by molar-refractivity contribution is 0.0563. The number of hydrogen-bond donors (Lipinski definition) is 1. The maximum atomic E-state index is 13.6. The molecule has 96 valence electrons. The van der Waals surface area contributed by atoms with Crippen molar-refractivity contribution in [2.45, 2.75) is 38.8 Å². The average molecular weight is 239 g/mol. The lowest BCUT2D eigenvalue weighted by atomic mass is 10.0. The first-order valence-electron chi connectivity index (χ1n) is 5.98. The molecule has 0 aliphatic heterocycles. The van der Waals surface area contributed by atoms with Crippen molar-refractivity contribution < 1.29 is 9.50 Å². The van der Waals surface area contributed by atoms with Gasteiger partial charge in [-0.2, -0.15) is 0 Å². The summed E-state index contributed by atoms with van der Waals surface area (Å²) in [7, 11) is 1.95. The second kappa shape index (κ2) is 5.61. The fraction of sp³-hybridized carbons (Fsp3) is 0.571. The molecule has 1 N–H and O–H groups in total. The first kappa shape index (κ1) is 14.1. The molecule has 0 aliphatic carbocycles. The van der Waals surface area contributed by atoms with E-state index in [0.717, 1.165) is 6.54 Å². The third-order valence-electron chi connectivity index (χ3n) is 3.09. The summed E-state index contributed by atoms with van der Waals surface area (Å²) in [4.78, 5) is 2.05. The molecular weight excluding hydrogens is 217 g/mol. The van der Waals surface area contributed by atoms with Crippen molar-refractivity contribution in [2.75, 3.05) is 13.6 Å². The van der Waals surface area contributed by atoms with Crippen LogP contribution in [0.25, 0.3) is 0 Å². The number of hydrogen-bond acceptors (Lipinski definition) is 2. The van der Waals surface area contributed by atoms with E-state index in [0.29, 0.717) is 12.0 Å². The van der Waals surface area contributed by atoms with Gasteiger partial charge in [0.2, 0.25) is 0 Å². The van der Waals surface area contributed by atoms with Gasteiger partial charge in [-0.3, -0.25) is 4.90 Å². The van der Waals surface area contributed by atoms with Crippen molar-refractivity contribution in [3.05, 3.63) is 35.6 Å². The largest absolute Gasteiger partial charge is 0.390 e. The van der Waals surface area contributed by atoms with Gasteiger partial charge >= 0.3 is 0 Å². The van der Waals surface area contributed by atoms with Crippen LogP contribution in [-0.4, -0.2) is 29.2 Å². The lowest BCUT2D eigenvalue weighted by Gasteiger charge is -2.28. The minimum atomic E-state index is -0.677. The predicted molar refractivity (Wildman–Crippen MR) is 68.4 cm³/mol. The lowest BCUT2D eigenvalue weighted by Crippen LogP contribution is -2.30. The molecule has 1 aromatic carbocycles. The van der Waals surface area contributed by atoms with Crippen molar-refractivity contribution in [1.29, 1.82) is 0 Å². The molecular formula is C14H22FNO. The van der Waals surface area contributed by atoms with Crippen LogP contribution in [0.3, 0.4) is 0 Å². The maximum absolute atomic E-state index is 13.6. The molecule has 1 rings (SSSR count). The van der Waals surface area contributed by atoms with Crippen LogP contribution in [0.1, 0.15) is 38.8 Å². The minimum Gasteiger partial charge on any atom is -0.390 e. The van der Waals surface area contributed by atoms with Crippen LogP contribution in [-0.2, 0) is 0 Å². The normalized spacial score (nSPS) is 14.1. The minimum absolute atomic E-state index is 0.0125. The van der Waals surface area contributed by atoms with Crippen LogP contribution in [0.15, 0.2) is 24.3 Å². The van der Waals surface area contributed by atoms with Crippen molar-refractivity contribution in [3.63, 3.8) is 0 Å². The summed E-state index contributed by atoms with van der Waals surface area (Å²) in [5.41, 5.74) is 0.0224. The Morgan fingerprint density at radius 2 is 1.94 bits per heavy atom. The molecule has 1 atom stereocenters. The number of aliphatic hydroxyl groups is 1. The van der Waals surface area contributed by atoms with E-state index >= 15 is 0 Å². The zero-order valence-corrected chi connectivity index (χ0v) is 11.1. The van der Waals surface area contributed by atoms with Crippen LogP contribution < -0.4 is 0 Å². The molecule has 0 saturated heterocycles. The third-order valence-corrected chi connectivity index (χ3v) is 3.09. The molecule has 0 spiro atoms. The Morgan fingerprint density at radius 3 is 2.47 bits per heavy atom. The number of nitrogens with zero attached hydrogens (tertiary/aromatic N) is 1.